The largest absolute Gasteiger partial charge is 0.497 e. The Balaban J connectivity index is 1.90. The average Bonchev–Trinajstić information content (AvgIpc) is 2.87. The maximum absolute atomic E-state index is 12.6. The molecule has 0 aliphatic heterocycles. The number of benzene rings is 3. The van der Waals surface area contributed by atoms with E-state index < -0.39 is 5.91 Å². The fraction of sp³-hybridized carbons (Fsp3) is 0.192. The van der Waals surface area contributed by atoms with Crippen LogP contribution < -0.4 is 24.3 Å². The van der Waals surface area contributed by atoms with Gasteiger partial charge in [0.05, 0.1) is 36.4 Å². The van der Waals surface area contributed by atoms with Crippen LogP contribution in [0.25, 0.3) is 0 Å². The van der Waals surface area contributed by atoms with Gasteiger partial charge in [-0.1, -0.05) is 53.4 Å². The second kappa shape index (κ2) is 12.1. The maximum Gasteiger partial charge on any atom is 0.253 e. The second-order valence-corrected chi connectivity index (χ2v) is 7.82. The Kier molecular flexibility index (Phi) is 8.92. The summed E-state index contributed by atoms with van der Waals surface area (Å²) in [6.45, 7) is 0.403. The van der Waals surface area contributed by atoms with E-state index in [0.717, 1.165) is 22.6 Å². The molecule has 0 aliphatic rings. The van der Waals surface area contributed by atoms with E-state index in [9.17, 15) is 4.79 Å². The predicted molar refractivity (Wildman–Crippen MR) is 132 cm³/mol. The summed E-state index contributed by atoms with van der Waals surface area (Å²) in [5.41, 5.74) is 1.87. The summed E-state index contributed by atoms with van der Waals surface area (Å²) < 4.78 is 22.4. The van der Waals surface area contributed by atoms with Crippen molar-refractivity contribution in [3.63, 3.8) is 0 Å². The van der Waals surface area contributed by atoms with Crippen LogP contribution in [0.5, 0.6) is 23.0 Å². The lowest BCUT2D eigenvalue weighted by molar-refractivity contribution is 0.0958. The highest BCUT2D eigenvalue weighted by Gasteiger charge is 2.23. The summed E-state index contributed by atoms with van der Waals surface area (Å²) in [5.74, 6) is 3.71. The minimum Gasteiger partial charge on any atom is -0.497 e. The number of amides is 1. The van der Waals surface area contributed by atoms with Crippen LogP contribution in [0.4, 0.5) is 0 Å². The molecule has 0 bridgehead atoms. The zero-order valence-corrected chi connectivity index (χ0v) is 20.2. The first kappa shape index (κ1) is 25.1. The Morgan fingerprint density at radius 1 is 0.882 bits per heavy atom. The Labute approximate surface area is 208 Å². The van der Waals surface area contributed by atoms with Gasteiger partial charge in [0.2, 0.25) is 0 Å². The molecule has 3 rings (SSSR count). The van der Waals surface area contributed by atoms with Gasteiger partial charge < -0.3 is 24.3 Å². The third-order valence-electron chi connectivity index (χ3n) is 4.81. The molecule has 1 amide bonds. The van der Waals surface area contributed by atoms with Gasteiger partial charge in [0.1, 0.15) is 24.7 Å². The lowest BCUT2D eigenvalue weighted by atomic mass is 10.1. The van der Waals surface area contributed by atoms with Gasteiger partial charge in [-0.3, -0.25) is 4.79 Å². The first-order valence-corrected chi connectivity index (χ1v) is 11.0. The third kappa shape index (κ3) is 6.28. The maximum atomic E-state index is 12.6. The van der Waals surface area contributed by atoms with Crippen molar-refractivity contribution in [2.75, 3.05) is 20.8 Å². The van der Waals surface area contributed by atoms with Gasteiger partial charge in [-0.2, -0.15) is 0 Å². The van der Waals surface area contributed by atoms with Crippen molar-refractivity contribution < 1.29 is 23.7 Å². The number of halogens is 2. The van der Waals surface area contributed by atoms with E-state index in [1.54, 1.807) is 14.2 Å². The van der Waals surface area contributed by atoms with Crippen LogP contribution in [0.1, 0.15) is 21.5 Å². The van der Waals surface area contributed by atoms with E-state index in [1.807, 2.05) is 48.5 Å². The third-order valence-corrected chi connectivity index (χ3v) is 5.47. The van der Waals surface area contributed by atoms with Gasteiger partial charge in [-0.15, -0.1) is 6.42 Å². The van der Waals surface area contributed by atoms with E-state index in [1.165, 1.54) is 6.07 Å². The number of carbonyl (C=O) groups is 1. The van der Waals surface area contributed by atoms with Crippen LogP contribution >= 0.6 is 23.2 Å². The first-order valence-electron chi connectivity index (χ1n) is 10.2. The highest BCUT2D eigenvalue weighted by Crippen LogP contribution is 2.44. The van der Waals surface area contributed by atoms with E-state index in [2.05, 4.69) is 11.2 Å². The molecule has 0 spiro atoms. The van der Waals surface area contributed by atoms with Crippen molar-refractivity contribution in [2.24, 2.45) is 0 Å². The molecule has 3 aromatic carbocycles. The molecule has 0 heterocycles. The molecule has 6 nitrogen and oxygen atoms in total. The van der Waals surface area contributed by atoms with Crippen molar-refractivity contribution in [1.82, 2.24) is 5.32 Å². The number of nitrogens with one attached hydrogen (secondary N) is 1. The molecule has 176 valence electrons. The summed E-state index contributed by atoms with van der Waals surface area (Å²) in [5, 5.41) is 2.82. The molecule has 0 aliphatic carbocycles. The molecule has 34 heavy (non-hydrogen) atoms. The van der Waals surface area contributed by atoms with E-state index in [-0.39, 0.29) is 46.9 Å². The molecule has 8 heteroatoms. The van der Waals surface area contributed by atoms with Crippen molar-refractivity contribution in [3.8, 4) is 35.3 Å². The Morgan fingerprint density at radius 3 is 1.85 bits per heavy atom. The number of hydrogen-bond donors (Lipinski definition) is 1. The topological polar surface area (TPSA) is 66.0 Å². The van der Waals surface area contributed by atoms with Crippen LogP contribution in [0.2, 0.25) is 10.0 Å². The van der Waals surface area contributed by atoms with Crippen LogP contribution in [0.15, 0.2) is 54.6 Å². The van der Waals surface area contributed by atoms with Crippen LogP contribution in [-0.2, 0) is 13.2 Å². The summed E-state index contributed by atoms with van der Waals surface area (Å²) in [6.07, 6.45) is 5.24. The van der Waals surface area contributed by atoms with Gasteiger partial charge >= 0.3 is 0 Å². The number of hydrogen-bond acceptors (Lipinski definition) is 5. The highest BCUT2D eigenvalue weighted by atomic mass is 35.5. The Hall–Kier alpha value is -3.53. The quantitative estimate of drug-likeness (QED) is 0.371. The van der Waals surface area contributed by atoms with E-state index in [4.69, 9.17) is 48.6 Å². The molecular weight excluding hydrogens is 477 g/mol. The van der Waals surface area contributed by atoms with E-state index in [0.29, 0.717) is 0 Å². The molecule has 0 atom stereocenters. The van der Waals surface area contributed by atoms with Crippen LogP contribution in [0, 0.1) is 12.3 Å². The standard InChI is InChI=1S/C26H23Cl2NO5/c1-4-13-29-26(30)21-14-22(27)24(33-15-17-5-9-19(31-2)10-6-17)25(23(21)28)34-16-18-7-11-20(32-3)12-8-18/h1,5-12,14H,13,15-16H2,2-3H3,(H,29,30). The predicted octanol–water partition coefficient (Wildman–Crippen LogP) is 5.53. The molecule has 0 saturated heterocycles. The zero-order chi connectivity index (χ0) is 24.5. The zero-order valence-electron chi connectivity index (χ0n) is 18.7. The SMILES string of the molecule is C#CCNC(=O)c1cc(Cl)c(OCc2ccc(OC)cc2)c(OCc2ccc(OC)cc2)c1Cl. The molecule has 0 radical (unpaired) electrons. The lowest BCUT2D eigenvalue weighted by Gasteiger charge is -2.18. The average molecular weight is 500 g/mol. The fourth-order valence-electron chi connectivity index (χ4n) is 3.00. The molecule has 3 aromatic rings. The van der Waals surface area contributed by atoms with Gasteiger partial charge in [-0.05, 0) is 41.5 Å². The second-order valence-electron chi connectivity index (χ2n) is 7.04. The minimum atomic E-state index is -0.471. The number of rotatable bonds is 10. The number of ether oxygens (including phenoxy) is 4. The van der Waals surface area contributed by atoms with Crippen molar-refractivity contribution in [3.05, 3.63) is 81.3 Å². The van der Waals surface area contributed by atoms with E-state index >= 15 is 0 Å². The van der Waals surface area contributed by atoms with Crippen LogP contribution in [0.3, 0.4) is 0 Å². The molecule has 1 N–H and O–H groups in total. The lowest BCUT2D eigenvalue weighted by Crippen LogP contribution is -2.24. The Morgan fingerprint density at radius 2 is 1.38 bits per heavy atom. The minimum absolute atomic E-state index is 0.0462. The smallest absolute Gasteiger partial charge is 0.253 e. The van der Waals surface area contributed by atoms with Crippen LogP contribution in [-0.4, -0.2) is 26.7 Å². The summed E-state index contributed by atoms with van der Waals surface area (Å²) in [6, 6.07) is 16.2. The van der Waals surface area contributed by atoms with Gasteiger partial charge in [0.15, 0.2) is 11.5 Å². The number of carbonyl (C=O) groups excluding carboxylic acids is 1. The van der Waals surface area contributed by atoms with Crippen molar-refractivity contribution >= 4 is 29.1 Å². The van der Waals surface area contributed by atoms with Crippen molar-refractivity contribution in [2.45, 2.75) is 13.2 Å². The number of methoxy groups -OCH3 is 2. The normalized spacial score (nSPS) is 10.2. The molecular formula is C26H23Cl2NO5. The fourth-order valence-corrected chi connectivity index (χ4v) is 3.53. The molecule has 0 fully saturated rings. The monoisotopic (exact) mass is 499 g/mol. The van der Waals surface area contributed by atoms with Crippen molar-refractivity contribution in [1.29, 1.82) is 0 Å². The summed E-state index contributed by atoms with van der Waals surface area (Å²) >= 11 is 13.1. The first-order chi connectivity index (χ1) is 16.5. The molecule has 0 aromatic heterocycles. The van der Waals surface area contributed by atoms with Gasteiger partial charge in [0, 0.05) is 0 Å². The van der Waals surface area contributed by atoms with Gasteiger partial charge in [0.25, 0.3) is 5.91 Å². The Bertz CT molecular complexity index is 1170. The molecule has 0 unspecified atom stereocenters. The van der Waals surface area contributed by atoms with Gasteiger partial charge in [-0.25, -0.2) is 0 Å². The highest BCUT2D eigenvalue weighted by molar-refractivity contribution is 6.38. The summed E-state index contributed by atoms with van der Waals surface area (Å²) in [7, 11) is 3.19. The number of terminal acetylenes is 1. The molecule has 0 saturated carbocycles. The summed E-state index contributed by atoms with van der Waals surface area (Å²) in [4.78, 5) is 12.6.